The van der Waals surface area contributed by atoms with Crippen molar-refractivity contribution in [1.82, 2.24) is 4.90 Å². The lowest BCUT2D eigenvalue weighted by atomic mass is 9.76. The number of hydrogen-bond acceptors (Lipinski definition) is 3. The third-order valence-corrected chi connectivity index (χ3v) is 4.14. The first-order chi connectivity index (χ1) is 9.98. The van der Waals surface area contributed by atoms with Crippen molar-refractivity contribution in [2.45, 2.75) is 32.6 Å². The van der Waals surface area contributed by atoms with E-state index in [9.17, 15) is 19.8 Å². The Morgan fingerprint density at radius 3 is 2.76 bits per heavy atom. The minimum absolute atomic E-state index is 0.0379. The summed E-state index contributed by atoms with van der Waals surface area (Å²) < 4.78 is 0. The van der Waals surface area contributed by atoms with E-state index in [2.05, 4.69) is 0 Å². The number of hydrogen-bond donors (Lipinski definition) is 2. The molecule has 5 heteroatoms. The number of likely N-dealkylation sites (tertiary alicyclic amines) is 1. The number of aromatic hydroxyl groups is 1. The van der Waals surface area contributed by atoms with Crippen molar-refractivity contribution >= 4 is 11.9 Å². The molecule has 114 valence electrons. The third-order valence-electron chi connectivity index (χ3n) is 4.14. The molecule has 0 spiro atoms. The fourth-order valence-electron chi connectivity index (χ4n) is 3.09. The average molecular weight is 291 g/mol. The van der Waals surface area contributed by atoms with Crippen LogP contribution in [-0.2, 0) is 4.79 Å². The molecule has 0 aliphatic carbocycles. The molecule has 1 aliphatic rings. The molecule has 0 saturated carbocycles. The van der Waals surface area contributed by atoms with Crippen LogP contribution in [-0.4, -0.2) is 40.1 Å². The maximum absolute atomic E-state index is 12.5. The standard InChI is InChI=1S/C16H21NO4/c1-2-7-16(15(20)21)8-4-9-17(11-16)14(19)12-5-3-6-13(18)10-12/h3,5-6,10,18H,2,4,7-9,11H2,1H3,(H,20,21). The third kappa shape index (κ3) is 3.17. The van der Waals surface area contributed by atoms with Crippen LogP contribution in [0.2, 0.25) is 0 Å². The Balaban J connectivity index is 2.20. The highest BCUT2D eigenvalue weighted by molar-refractivity contribution is 5.95. The van der Waals surface area contributed by atoms with Crippen molar-refractivity contribution in [3.63, 3.8) is 0 Å². The van der Waals surface area contributed by atoms with E-state index in [0.717, 1.165) is 6.42 Å². The number of aliphatic carboxylic acids is 1. The Kier molecular flexibility index (Phi) is 4.50. The number of carboxylic acids is 1. The summed E-state index contributed by atoms with van der Waals surface area (Å²) >= 11 is 0. The molecule has 1 aromatic carbocycles. The van der Waals surface area contributed by atoms with Crippen LogP contribution >= 0.6 is 0 Å². The van der Waals surface area contributed by atoms with Crippen LogP contribution in [0.1, 0.15) is 43.0 Å². The molecule has 21 heavy (non-hydrogen) atoms. The molecule has 5 nitrogen and oxygen atoms in total. The molecule has 1 atom stereocenters. The van der Waals surface area contributed by atoms with Crippen molar-refractivity contribution in [2.75, 3.05) is 13.1 Å². The summed E-state index contributed by atoms with van der Waals surface area (Å²) in [6, 6.07) is 6.17. The number of carbonyl (C=O) groups excluding carboxylic acids is 1. The predicted molar refractivity (Wildman–Crippen MR) is 78.2 cm³/mol. The van der Waals surface area contributed by atoms with Crippen LogP contribution in [0.25, 0.3) is 0 Å². The van der Waals surface area contributed by atoms with Gasteiger partial charge in [0.05, 0.1) is 5.41 Å². The van der Waals surface area contributed by atoms with Gasteiger partial charge in [-0.1, -0.05) is 19.4 Å². The van der Waals surface area contributed by atoms with Gasteiger partial charge in [-0.05, 0) is 37.5 Å². The Morgan fingerprint density at radius 1 is 1.38 bits per heavy atom. The number of nitrogens with zero attached hydrogens (tertiary/aromatic N) is 1. The van der Waals surface area contributed by atoms with E-state index in [4.69, 9.17) is 0 Å². The first kappa shape index (κ1) is 15.4. The van der Waals surface area contributed by atoms with Crippen molar-refractivity contribution in [3.05, 3.63) is 29.8 Å². The molecule has 0 bridgehead atoms. The van der Waals surface area contributed by atoms with Gasteiger partial charge in [0.25, 0.3) is 5.91 Å². The summed E-state index contributed by atoms with van der Waals surface area (Å²) in [7, 11) is 0. The normalized spacial score (nSPS) is 22.0. The van der Waals surface area contributed by atoms with Crippen LogP contribution in [0.5, 0.6) is 5.75 Å². The van der Waals surface area contributed by atoms with Gasteiger partial charge in [0.1, 0.15) is 5.75 Å². The van der Waals surface area contributed by atoms with Crippen LogP contribution in [0.15, 0.2) is 24.3 Å². The first-order valence-electron chi connectivity index (χ1n) is 7.30. The Hall–Kier alpha value is -2.04. The van der Waals surface area contributed by atoms with Gasteiger partial charge in [-0.2, -0.15) is 0 Å². The monoisotopic (exact) mass is 291 g/mol. The summed E-state index contributed by atoms with van der Waals surface area (Å²) in [5.41, 5.74) is -0.438. The molecule has 1 heterocycles. The molecule has 1 fully saturated rings. The molecular weight excluding hydrogens is 270 g/mol. The second-order valence-corrected chi connectivity index (χ2v) is 5.72. The van der Waals surface area contributed by atoms with E-state index in [1.54, 1.807) is 17.0 Å². The first-order valence-corrected chi connectivity index (χ1v) is 7.30. The Morgan fingerprint density at radius 2 is 2.14 bits per heavy atom. The lowest BCUT2D eigenvalue weighted by Gasteiger charge is -2.40. The predicted octanol–water partition coefficient (Wildman–Crippen LogP) is 2.50. The number of carboxylic acid groups (broad SMARTS) is 1. The molecule has 0 radical (unpaired) electrons. The van der Waals surface area contributed by atoms with Gasteiger partial charge in [-0.3, -0.25) is 9.59 Å². The number of piperidine rings is 1. The molecule has 1 unspecified atom stereocenters. The van der Waals surface area contributed by atoms with Crippen molar-refractivity contribution < 1.29 is 19.8 Å². The summed E-state index contributed by atoms with van der Waals surface area (Å²) in [6.45, 7) is 2.76. The molecular formula is C16H21NO4. The highest BCUT2D eigenvalue weighted by atomic mass is 16.4. The number of rotatable bonds is 4. The fourth-order valence-corrected chi connectivity index (χ4v) is 3.09. The van der Waals surface area contributed by atoms with Crippen LogP contribution in [0, 0.1) is 5.41 Å². The zero-order chi connectivity index (χ0) is 15.5. The average Bonchev–Trinajstić information content (AvgIpc) is 2.47. The van der Waals surface area contributed by atoms with Crippen molar-refractivity contribution in [1.29, 1.82) is 0 Å². The quantitative estimate of drug-likeness (QED) is 0.893. The highest BCUT2D eigenvalue weighted by Crippen LogP contribution is 2.35. The van der Waals surface area contributed by atoms with E-state index in [1.165, 1.54) is 12.1 Å². The number of carbonyl (C=O) groups is 2. The van der Waals surface area contributed by atoms with E-state index >= 15 is 0 Å². The van der Waals surface area contributed by atoms with Gasteiger partial charge in [-0.25, -0.2) is 0 Å². The largest absolute Gasteiger partial charge is 0.508 e. The Labute approximate surface area is 124 Å². The highest BCUT2D eigenvalue weighted by Gasteiger charge is 2.42. The van der Waals surface area contributed by atoms with Gasteiger partial charge >= 0.3 is 5.97 Å². The van der Waals surface area contributed by atoms with E-state index < -0.39 is 11.4 Å². The molecule has 0 aromatic heterocycles. The zero-order valence-corrected chi connectivity index (χ0v) is 12.2. The maximum Gasteiger partial charge on any atom is 0.311 e. The summed E-state index contributed by atoms with van der Waals surface area (Å²) in [4.78, 5) is 25.7. The maximum atomic E-state index is 12.5. The lowest BCUT2D eigenvalue weighted by molar-refractivity contribution is -0.152. The SMILES string of the molecule is CCCC1(C(=O)O)CCCN(C(=O)c2cccc(O)c2)C1. The molecule has 2 rings (SSSR count). The van der Waals surface area contributed by atoms with Crippen molar-refractivity contribution in [2.24, 2.45) is 5.41 Å². The summed E-state index contributed by atoms with van der Waals surface area (Å²) in [5.74, 6) is -0.999. The molecule has 1 aliphatic heterocycles. The van der Waals surface area contributed by atoms with E-state index in [1.807, 2.05) is 6.92 Å². The zero-order valence-electron chi connectivity index (χ0n) is 12.2. The van der Waals surface area contributed by atoms with Crippen molar-refractivity contribution in [3.8, 4) is 5.75 Å². The van der Waals surface area contributed by atoms with Gasteiger partial charge in [0, 0.05) is 18.7 Å². The van der Waals surface area contributed by atoms with Gasteiger partial charge < -0.3 is 15.1 Å². The minimum Gasteiger partial charge on any atom is -0.508 e. The summed E-state index contributed by atoms with van der Waals surface area (Å²) in [6.07, 6.45) is 2.66. The minimum atomic E-state index is -0.834. The lowest BCUT2D eigenvalue weighted by Crippen LogP contribution is -2.49. The number of phenols is 1. The van der Waals surface area contributed by atoms with E-state index in [0.29, 0.717) is 31.4 Å². The molecule has 2 N–H and O–H groups in total. The van der Waals surface area contributed by atoms with E-state index in [-0.39, 0.29) is 18.2 Å². The second-order valence-electron chi connectivity index (χ2n) is 5.72. The number of amides is 1. The number of phenolic OH excluding ortho intramolecular Hbond substituents is 1. The smallest absolute Gasteiger partial charge is 0.311 e. The van der Waals surface area contributed by atoms with Gasteiger partial charge in [-0.15, -0.1) is 0 Å². The summed E-state index contributed by atoms with van der Waals surface area (Å²) in [5, 5.41) is 19.0. The second kappa shape index (κ2) is 6.16. The van der Waals surface area contributed by atoms with Gasteiger partial charge in [0.15, 0.2) is 0 Å². The Bertz CT molecular complexity index is 539. The topological polar surface area (TPSA) is 77.8 Å². The number of benzene rings is 1. The van der Waals surface area contributed by atoms with Crippen LogP contribution in [0.4, 0.5) is 0 Å². The molecule has 1 aromatic rings. The van der Waals surface area contributed by atoms with Crippen LogP contribution in [0.3, 0.4) is 0 Å². The molecule has 1 amide bonds. The fraction of sp³-hybridized carbons (Fsp3) is 0.500. The van der Waals surface area contributed by atoms with Crippen LogP contribution < -0.4 is 0 Å². The van der Waals surface area contributed by atoms with Gasteiger partial charge in [0.2, 0.25) is 0 Å². The molecule has 1 saturated heterocycles.